The minimum absolute atomic E-state index is 0.0150. The molecule has 0 aliphatic rings. The second kappa shape index (κ2) is 8.96. The van der Waals surface area contributed by atoms with E-state index in [-0.39, 0.29) is 18.6 Å². The maximum atomic E-state index is 12.2. The highest BCUT2D eigenvalue weighted by atomic mass is 35.5. The molecule has 2 rings (SSSR count). The molecule has 0 aliphatic heterocycles. The van der Waals surface area contributed by atoms with E-state index in [2.05, 4.69) is 5.32 Å². The monoisotopic (exact) mass is 393 g/mol. The summed E-state index contributed by atoms with van der Waals surface area (Å²) in [5, 5.41) is 2.74. The molecule has 1 atom stereocenters. The molecule has 0 fully saturated rings. The molecule has 0 saturated carbocycles. The highest BCUT2D eigenvalue weighted by Gasteiger charge is 2.19. The average molecular weight is 394 g/mol. The van der Waals surface area contributed by atoms with Crippen molar-refractivity contribution in [3.63, 3.8) is 0 Å². The molecule has 1 aromatic carbocycles. The summed E-state index contributed by atoms with van der Waals surface area (Å²) in [4.78, 5) is 36.5. The zero-order chi connectivity index (χ0) is 19.3. The SMILES string of the molecule is Cc1ccc(NC(=O)[C@H](C)OC(=O)CCC(=O)c2ccc(Cl)s2)c(C)c1. The first-order valence-corrected chi connectivity index (χ1v) is 9.32. The van der Waals surface area contributed by atoms with Crippen molar-refractivity contribution in [2.75, 3.05) is 5.32 Å². The molecule has 26 heavy (non-hydrogen) atoms. The lowest BCUT2D eigenvalue weighted by atomic mass is 10.1. The molecule has 138 valence electrons. The number of nitrogens with one attached hydrogen (secondary N) is 1. The van der Waals surface area contributed by atoms with Gasteiger partial charge in [-0.15, -0.1) is 11.3 Å². The van der Waals surface area contributed by atoms with Gasteiger partial charge in [0.1, 0.15) is 0 Å². The lowest BCUT2D eigenvalue weighted by Crippen LogP contribution is -2.30. The molecule has 1 N–H and O–H groups in total. The van der Waals surface area contributed by atoms with Crippen LogP contribution in [-0.2, 0) is 14.3 Å². The summed E-state index contributed by atoms with van der Waals surface area (Å²) in [6, 6.07) is 8.91. The minimum atomic E-state index is -0.950. The van der Waals surface area contributed by atoms with E-state index in [0.717, 1.165) is 11.1 Å². The Bertz CT molecular complexity index is 831. The summed E-state index contributed by atoms with van der Waals surface area (Å²) in [5.41, 5.74) is 2.70. The van der Waals surface area contributed by atoms with Gasteiger partial charge in [-0.3, -0.25) is 14.4 Å². The van der Waals surface area contributed by atoms with Crippen molar-refractivity contribution in [2.45, 2.75) is 39.7 Å². The number of amides is 1. The number of ether oxygens (including phenoxy) is 1. The number of halogens is 1. The molecule has 5 nitrogen and oxygen atoms in total. The van der Waals surface area contributed by atoms with Crippen molar-refractivity contribution in [2.24, 2.45) is 0 Å². The van der Waals surface area contributed by atoms with Gasteiger partial charge in [-0.1, -0.05) is 29.3 Å². The van der Waals surface area contributed by atoms with Gasteiger partial charge in [-0.05, 0) is 44.5 Å². The number of anilines is 1. The predicted molar refractivity (Wildman–Crippen MR) is 103 cm³/mol. The smallest absolute Gasteiger partial charge is 0.307 e. The third kappa shape index (κ3) is 5.68. The minimum Gasteiger partial charge on any atom is -0.453 e. The summed E-state index contributed by atoms with van der Waals surface area (Å²) in [7, 11) is 0. The maximum absolute atomic E-state index is 12.2. The van der Waals surface area contributed by atoms with Gasteiger partial charge in [-0.25, -0.2) is 0 Å². The number of carbonyl (C=O) groups excluding carboxylic acids is 3. The molecule has 1 aromatic heterocycles. The van der Waals surface area contributed by atoms with Gasteiger partial charge in [0.15, 0.2) is 11.9 Å². The number of hydrogen-bond acceptors (Lipinski definition) is 5. The van der Waals surface area contributed by atoms with Crippen LogP contribution in [-0.4, -0.2) is 23.8 Å². The molecular formula is C19H20ClNO4S. The summed E-state index contributed by atoms with van der Waals surface area (Å²) in [5.74, 6) is -1.18. The highest BCUT2D eigenvalue weighted by Crippen LogP contribution is 2.23. The predicted octanol–water partition coefficient (Wildman–Crippen LogP) is 4.55. The van der Waals surface area contributed by atoms with Crippen LogP contribution in [0, 0.1) is 13.8 Å². The van der Waals surface area contributed by atoms with Crippen LogP contribution in [0.4, 0.5) is 5.69 Å². The van der Waals surface area contributed by atoms with Crippen LogP contribution in [0.1, 0.15) is 40.6 Å². The number of ketones is 1. The maximum Gasteiger partial charge on any atom is 0.307 e. The van der Waals surface area contributed by atoms with E-state index >= 15 is 0 Å². The van der Waals surface area contributed by atoms with Crippen molar-refractivity contribution in [3.8, 4) is 0 Å². The summed E-state index contributed by atoms with van der Waals surface area (Å²) >= 11 is 6.96. The Hall–Kier alpha value is -2.18. The first-order valence-electron chi connectivity index (χ1n) is 8.12. The number of esters is 1. The second-order valence-corrected chi connectivity index (χ2v) is 7.68. The van der Waals surface area contributed by atoms with Crippen LogP contribution in [0.2, 0.25) is 4.34 Å². The molecule has 0 radical (unpaired) electrons. The van der Waals surface area contributed by atoms with Gasteiger partial charge in [-0.2, -0.15) is 0 Å². The van der Waals surface area contributed by atoms with E-state index in [9.17, 15) is 14.4 Å². The zero-order valence-electron chi connectivity index (χ0n) is 14.8. The van der Waals surface area contributed by atoms with Gasteiger partial charge in [0.05, 0.1) is 15.6 Å². The number of aryl methyl sites for hydroxylation is 2. The number of thiophene rings is 1. The molecule has 0 unspecified atom stereocenters. The standard InChI is InChI=1S/C19H20ClNO4S/c1-11-4-5-14(12(2)10-11)21-19(24)13(3)25-18(23)9-6-15(22)16-7-8-17(20)26-16/h4-5,7-8,10,13H,6,9H2,1-3H3,(H,21,24)/t13-/m0/s1. The fraction of sp³-hybridized carbons (Fsp3) is 0.316. The molecule has 1 amide bonds. The molecule has 1 heterocycles. The Balaban J connectivity index is 1.82. The quantitative estimate of drug-likeness (QED) is 0.553. The molecule has 7 heteroatoms. The Kier molecular flexibility index (Phi) is 6.94. The van der Waals surface area contributed by atoms with E-state index in [1.807, 2.05) is 32.0 Å². The zero-order valence-corrected chi connectivity index (χ0v) is 16.4. The Morgan fingerprint density at radius 2 is 1.88 bits per heavy atom. The van der Waals surface area contributed by atoms with Gasteiger partial charge >= 0.3 is 5.97 Å². The number of rotatable bonds is 7. The van der Waals surface area contributed by atoms with Crippen molar-refractivity contribution >= 4 is 46.3 Å². The highest BCUT2D eigenvalue weighted by molar-refractivity contribution is 7.18. The van der Waals surface area contributed by atoms with Crippen molar-refractivity contribution in [1.82, 2.24) is 0 Å². The Labute approximate surface area is 161 Å². The largest absolute Gasteiger partial charge is 0.453 e. The molecule has 2 aromatic rings. The van der Waals surface area contributed by atoms with Gasteiger partial charge in [0, 0.05) is 12.1 Å². The number of benzene rings is 1. The van der Waals surface area contributed by atoms with Crippen LogP contribution in [0.5, 0.6) is 0 Å². The summed E-state index contributed by atoms with van der Waals surface area (Å²) in [6.07, 6.45) is -1.02. The molecule has 0 saturated heterocycles. The van der Waals surface area contributed by atoms with Gasteiger partial charge in [0.2, 0.25) is 0 Å². The number of hydrogen-bond donors (Lipinski definition) is 1. The van der Waals surface area contributed by atoms with E-state index in [1.165, 1.54) is 18.3 Å². The fourth-order valence-corrected chi connectivity index (χ4v) is 3.31. The second-order valence-electron chi connectivity index (χ2n) is 5.97. The van der Waals surface area contributed by atoms with E-state index in [0.29, 0.717) is 14.9 Å². The van der Waals surface area contributed by atoms with Crippen molar-refractivity contribution in [1.29, 1.82) is 0 Å². The van der Waals surface area contributed by atoms with Crippen molar-refractivity contribution in [3.05, 3.63) is 50.7 Å². The lowest BCUT2D eigenvalue weighted by molar-refractivity contribution is -0.153. The topological polar surface area (TPSA) is 72.5 Å². The first-order chi connectivity index (χ1) is 12.3. The number of carbonyl (C=O) groups is 3. The van der Waals surface area contributed by atoms with Crippen LogP contribution in [0.15, 0.2) is 30.3 Å². The molecule has 0 bridgehead atoms. The van der Waals surface area contributed by atoms with Gasteiger partial charge in [0.25, 0.3) is 5.91 Å². The van der Waals surface area contributed by atoms with Crippen LogP contribution >= 0.6 is 22.9 Å². The van der Waals surface area contributed by atoms with E-state index in [4.69, 9.17) is 16.3 Å². The fourth-order valence-electron chi connectivity index (χ4n) is 2.30. The van der Waals surface area contributed by atoms with Crippen LogP contribution in [0.3, 0.4) is 0 Å². The van der Waals surface area contributed by atoms with Crippen LogP contribution < -0.4 is 5.32 Å². The normalized spacial score (nSPS) is 11.7. The van der Waals surface area contributed by atoms with Gasteiger partial charge < -0.3 is 10.1 Å². The third-order valence-electron chi connectivity index (χ3n) is 3.72. The first kappa shape index (κ1) is 20.1. The average Bonchev–Trinajstić information content (AvgIpc) is 3.01. The van der Waals surface area contributed by atoms with E-state index in [1.54, 1.807) is 12.1 Å². The Morgan fingerprint density at radius 1 is 1.15 bits per heavy atom. The van der Waals surface area contributed by atoms with Crippen molar-refractivity contribution < 1.29 is 19.1 Å². The summed E-state index contributed by atoms with van der Waals surface area (Å²) < 4.78 is 5.63. The molecule has 0 aliphatic carbocycles. The lowest BCUT2D eigenvalue weighted by Gasteiger charge is -2.15. The molecular weight excluding hydrogens is 374 g/mol. The Morgan fingerprint density at radius 3 is 2.50 bits per heavy atom. The van der Waals surface area contributed by atoms with Crippen LogP contribution in [0.25, 0.3) is 0 Å². The third-order valence-corrected chi connectivity index (χ3v) is 4.99. The van der Waals surface area contributed by atoms with E-state index < -0.39 is 18.0 Å². The number of Topliss-reactive ketones (excluding diaryl/α,β-unsaturated/α-hetero) is 1. The molecule has 0 spiro atoms. The summed E-state index contributed by atoms with van der Waals surface area (Å²) in [6.45, 7) is 5.35.